The molecule has 9 nitrogen and oxygen atoms in total. The number of carbonyl (C=O) groups is 2. The molecule has 3 atom stereocenters. The van der Waals surface area contributed by atoms with Crippen molar-refractivity contribution in [1.29, 1.82) is 0 Å². The highest BCUT2D eigenvalue weighted by Crippen LogP contribution is 2.44. The zero-order valence-electron chi connectivity index (χ0n) is 18.2. The lowest BCUT2D eigenvalue weighted by Gasteiger charge is -2.39. The number of aromatic nitrogens is 4. The molecular formula is C23H26N6O3. The summed E-state index contributed by atoms with van der Waals surface area (Å²) in [5.74, 6) is -0.0943. The Bertz CT molecular complexity index is 1200. The molecular weight excluding hydrogens is 408 g/mol. The van der Waals surface area contributed by atoms with Crippen LogP contribution < -0.4 is 5.73 Å². The fraction of sp³-hybridized carbons (Fsp3) is 0.435. The largest absolute Gasteiger partial charge is 0.387 e. The van der Waals surface area contributed by atoms with E-state index in [1.807, 2.05) is 24.0 Å². The number of aliphatic hydroxyl groups is 1. The second kappa shape index (κ2) is 7.67. The summed E-state index contributed by atoms with van der Waals surface area (Å²) in [4.78, 5) is 36.0. The van der Waals surface area contributed by atoms with Crippen LogP contribution in [-0.4, -0.2) is 60.0 Å². The minimum Gasteiger partial charge on any atom is -0.387 e. The highest BCUT2D eigenvalue weighted by Gasteiger charge is 2.44. The molecule has 166 valence electrons. The van der Waals surface area contributed by atoms with Crippen molar-refractivity contribution in [3.8, 4) is 11.1 Å². The third-order valence-corrected chi connectivity index (χ3v) is 6.83. The number of rotatable bonds is 4. The van der Waals surface area contributed by atoms with Crippen molar-refractivity contribution >= 4 is 23.2 Å². The lowest BCUT2D eigenvalue weighted by molar-refractivity contribution is -0.138. The molecule has 5 heterocycles. The van der Waals surface area contributed by atoms with Gasteiger partial charge in [-0.25, -0.2) is 4.98 Å². The zero-order chi connectivity index (χ0) is 22.6. The van der Waals surface area contributed by atoms with Gasteiger partial charge in [-0.15, -0.1) is 0 Å². The quantitative estimate of drug-likeness (QED) is 0.602. The zero-order valence-corrected chi connectivity index (χ0v) is 18.2. The van der Waals surface area contributed by atoms with Crippen molar-refractivity contribution < 1.29 is 14.7 Å². The molecule has 5 rings (SSSR count). The Labute approximate surface area is 185 Å². The number of piperidine rings is 1. The summed E-state index contributed by atoms with van der Waals surface area (Å²) in [6, 6.07) is 3.99. The van der Waals surface area contributed by atoms with Crippen LogP contribution in [-0.2, 0) is 4.79 Å². The molecule has 0 spiro atoms. The minimum absolute atomic E-state index is 0.000311. The van der Waals surface area contributed by atoms with Gasteiger partial charge in [0.2, 0.25) is 5.91 Å². The summed E-state index contributed by atoms with van der Waals surface area (Å²) < 4.78 is 1.52. The van der Waals surface area contributed by atoms with E-state index in [1.165, 1.54) is 11.4 Å². The maximum absolute atomic E-state index is 12.6. The van der Waals surface area contributed by atoms with Gasteiger partial charge in [0.05, 0.1) is 17.5 Å². The smallest absolute Gasteiger partial charge is 0.248 e. The number of fused-ring (bicyclic) bond motifs is 3. The van der Waals surface area contributed by atoms with E-state index in [-0.39, 0.29) is 35.5 Å². The molecule has 2 saturated heterocycles. The van der Waals surface area contributed by atoms with E-state index in [9.17, 15) is 14.7 Å². The van der Waals surface area contributed by atoms with E-state index < -0.39 is 6.61 Å². The van der Waals surface area contributed by atoms with Crippen LogP contribution in [0.2, 0.25) is 0 Å². The van der Waals surface area contributed by atoms with E-state index in [2.05, 4.69) is 10.1 Å². The van der Waals surface area contributed by atoms with Gasteiger partial charge in [-0.2, -0.15) is 9.61 Å². The SMILES string of the molecule is CC(=O)c1c(C2C[C@H]3CC[C@@H](C2)N3C(=O)CO)nc2c(-c3ccc(C)nc3)cnn2c1N. The Balaban J connectivity index is 1.62. The highest BCUT2D eigenvalue weighted by atomic mass is 16.3. The normalized spacial score (nSPS) is 22.5. The number of aliphatic hydroxyl groups excluding tert-OH is 1. The molecule has 1 unspecified atom stereocenters. The van der Waals surface area contributed by atoms with Crippen molar-refractivity contribution in [2.75, 3.05) is 12.3 Å². The Hall–Kier alpha value is -3.33. The van der Waals surface area contributed by atoms with E-state index in [4.69, 9.17) is 10.7 Å². The average molecular weight is 435 g/mol. The van der Waals surface area contributed by atoms with Gasteiger partial charge in [-0.3, -0.25) is 14.6 Å². The van der Waals surface area contributed by atoms with Gasteiger partial charge in [-0.1, -0.05) is 6.07 Å². The molecule has 0 saturated carbocycles. The van der Waals surface area contributed by atoms with Gasteiger partial charge in [0.1, 0.15) is 12.4 Å². The number of hydrogen-bond acceptors (Lipinski definition) is 7. The first-order valence-electron chi connectivity index (χ1n) is 10.9. The molecule has 0 aromatic carbocycles. The van der Waals surface area contributed by atoms with Crippen LogP contribution in [0.25, 0.3) is 16.8 Å². The van der Waals surface area contributed by atoms with E-state index in [0.29, 0.717) is 29.7 Å². The molecule has 9 heteroatoms. The molecule has 1 amide bonds. The third-order valence-electron chi connectivity index (χ3n) is 6.83. The molecule has 0 radical (unpaired) electrons. The predicted molar refractivity (Wildman–Crippen MR) is 118 cm³/mol. The maximum Gasteiger partial charge on any atom is 0.248 e. The minimum atomic E-state index is -0.475. The van der Waals surface area contributed by atoms with Crippen molar-refractivity contribution in [2.45, 2.75) is 57.5 Å². The summed E-state index contributed by atoms with van der Waals surface area (Å²) in [5.41, 5.74) is 10.7. The Morgan fingerprint density at radius 2 is 1.91 bits per heavy atom. The highest BCUT2D eigenvalue weighted by molar-refractivity contribution is 6.00. The maximum atomic E-state index is 12.6. The number of Topliss-reactive ketones (excluding diaryl/α,β-unsaturated/α-hetero) is 1. The number of nitrogens with two attached hydrogens (primary N) is 1. The summed E-state index contributed by atoms with van der Waals surface area (Å²) >= 11 is 0. The van der Waals surface area contributed by atoms with Gasteiger partial charge >= 0.3 is 0 Å². The van der Waals surface area contributed by atoms with Crippen LogP contribution in [0.1, 0.15) is 60.3 Å². The fourth-order valence-corrected chi connectivity index (χ4v) is 5.41. The number of nitrogens with zero attached hydrogens (tertiary/aromatic N) is 5. The number of pyridine rings is 1. The van der Waals surface area contributed by atoms with Gasteiger partial charge < -0.3 is 15.7 Å². The lowest BCUT2D eigenvalue weighted by atomic mass is 9.85. The van der Waals surface area contributed by atoms with Crippen molar-refractivity contribution in [1.82, 2.24) is 24.5 Å². The van der Waals surface area contributed by atoms with Crippen LogP contribution in [0.15, 0.2) is 24.5 Å². The fourth-order valence-electron chi connectivity index (χ4n) is 5.41. The number of hydrogen-bond donors (Lipinski definition) is 2. The van der Waals surface area contributed by atoms with E-state index in [1.54, 1.807) is 12.4 Å². The van der Waals surface area contributed by atoms with Crippen LogP contribution in [0.4, 0.5) is 5.82 Å². The second-order valence-electron chi connectivity index (χ2n) is 8.81. The van der Waals surface area contributed by atoms with Crippen LogP contribution in [0, 0.1) is 6.92 Å². The van der Waals surface area contributed by atoms with Gasteiger partial charge in [0.25, 0.3) is 0 Å². The predicted octanol–water partition coefficient (Wildman–Crippen LogP) is 2.11. The monoisotopic (exact) mass is 434 g/mol. The third kappa shape index (κ3) is 3.15. The molecule has 3 N–H and O–H groups in total. The Kier molecular flexibility index (Phi) is 4.93. The van der Waals surface area contributed by atoms with Gasteiger partial charge in [0.15, 0.2) is 11.4 Å². The summed E-state index contributed by atoms with van der Waals surface area (Å²) in [7, 11) is 0. The molecule has 2 bridgehead atoms. The van der Waals surface area contributed by atoms with Crippen molar-refractivity contribution in [2.24, 2.45) is 0 Å². The topological polar surface area (TPSA) is 127 Å². The van der Waals surface area contributed by atoms with Crippen LogP contribution >= 0.6 is 0 Å². The van der Waals surface area contributed by atoms with Crippen LogP contribution in [0.5, 0.6) is 0 Å². The number of carbonyl (C=O) groups excluding carboxylic acids is 2. The summed E-state index contributed by atoms with van der Waals surface area (Å²) in [6.07, 6.45) is 6.66. The first-order valence-corrected chi connectivity index (χ1v) is 10.9. The average Bonchev–Trinajstić information content (AvgIpc) is 3.31. The first kappa shape index (κ1) is 20.6. The van der Waals surface area contributed by atoms with E-state index >= 15 is 0 Å². The number of amides is 1. The number of aryl methyl sites for hydroxylation is 1. The number of anilines is 1. The second-order valence-corrected chi connectivity index (χ2v) is 8.81. The molecule has 3 aromatic heterocycles. The molecule has 3 aromatic rings. The lowest BCUT2D eigenvalue weighted by Crippen LogP contribution is -2.47. The van der Waals surface area contributed by atoms with Crippen molar-refractivity contribution in [3.05, 3.63) is 41.5 Å². The van der Waals surface area contributed by atoms with Gasteiger partial charge in [-0.05, 0) is 45.6 Å². The summed E-state index contributed by atoms with van der Waals surface area (Å²) in [6.45, 7) is 2.95. The number of ketones is 1. The molecule has 2 aliphatic rings. The molecule has 2 aliphatic heterocycles. The number of nitrogen functional groups attached to an aromatic ring is 1. The van der Waals surface area contributed by atoms with Crippen LogP contribution in [0.3, 0.4) is 0 Å². The van der Waals surface area contributed by atoms with E-state index in [0.717, 1.165) is 29.7 Å². The summed E-state index contributed by atoms with van der Waals surface area (Å²) in [5, 5.41) is 13.8. The van der Waals surface area contributed by atoms with Gasteiger partial charge in [0, 0.05) is 41.0 Å². The molecule has 2 fully saturated rings. The Morgan fingerprint density at radius 1 is 1.19 bits per heavy atom. The standard InChI is InChI=1S/C23H26N6O3/c1-12-3-4-14(9-25-12)18-10-26-29-22(24)20(13(2)31)21(27-23(18)29)15-7-16-5-6-17(8-15)28(16)19(32)11-30/h3-4,9-10,15-17,30H,5-8,11,24H2,1-2H3/t15?,16-,17+. The molecule has 32 heavy (non-hydrogen) atoms. The molecule has 0 aliphatic carbocycles. The van der Waals surface area contributed by atoms with Crippen molar-refractivity contribution in [3.63, 3.8) is 0 Å². The Morgan fingerprint density at radius 3 is 2.50 bits per heavy atom. The first-order chi connectivity index (χ1) is 15.4.